The summed E-state index contributed by atoms with van der Waals surface area (Å²) in [7, 11) is 0. The summed E-state index contributed by atoms with van der Waals surface area (Å²) in [6, 6.07) is 13.7. The minimum atomic E-state index is -0.305. The van der Waals surface area contributed by atoms with Gasteiger partial charge < -0.3 is 9.52 Å². The van der Waals surface area contributed by atoms with E-state index in [9.17, 15) is 14.7 Å². The summed E-state index contributed by atoms with van der Waals surface area (Å²) in [6.07, 6.45) is 1.29. The van der Waals surface area contributed by atoms with Crippen molar-refractivity contribution in [2.24, 2.45) is 0 Å². The molecule has 0 fully saturated rings. The molecular formula is C18H14O4. The summed E-state index contributed by atoms with van der Waals surface area (Å²) in [6.45, 7) is -0.280. The summed E-state index contributed by atoms with van der Waals surface area (Å²) in [5.74, 6) is -0.539. The molecule has 4 nitrogen and oxygen atoms in total. The topological polar surface area (TPSA) is 67.5 Å². The van der Waals surface area contributed by atoms with Crippen molar-refractivity contribution < 1.29 is 19.1 Å². The summed E-state index contributed by atoms with van der Waals surface area (Å²) < 4.78 is 5.26. The molecule has 3 rings (SSSR count). The monoisotopic (exact) mass is 294 g/mol. The zero-order valence-electron chi connectivity index (χ0n) is 11.8. The molecule has 0 aliphatic carbocycles. The summed E-state index contributed by atoms with van der Waals surface area (Å²) >= 11 is 0. The molecule has 2 aromatic carbocycles. The molecule has 3 aromatic rings. The van der Waals surface area contributed by atoms with Crippen LogP contribution in [0.3, 0.4) is 0 Å². The second-order valence-corrected chi connectivity index (χ2v) is 4.97. The minimum Gasteiger partial charge on any atom is -0.464 e. The third kappa shape index (κ3) is 2.56. The molecule has 1 N–H and O–H groups in total. The molecule has 0 aliphatic rings. The van der Waals surface area contributed by atoms with Gasteiger partial charge in [0.25, 0.3) is 0 Å². The molecule has 0 atom stereocenters. The molecule has 1 aromatic heterocycles. The molecule has 0 spiro atoms. The third-order valence-electron chi connectivity index (χ3n) is 3.62. The second kappa shape index (κ2) is 5.95. The molecular weight excluding hydrogens is 280 g/mol. The van der Waals surface area contributed by atoms with Crippen LogP contribution >= 0.6 is 0 Å². The number of Topliss-reactive ketones (excluding diaryl/α,β-unsaturated/α-hetero) is 2. The Morgan fingerprint density at radius 3 is 2.45 bits per heavy atom. The molecule has 0 amide bonds. The number of hydrogen-bond acceptors (Lipinski definition) is 4. The number of aliphatic hydroxyl groups is 1. The molecule has 22 heavy (non-hydrogen) atoms. The molecule has 0 saturated carbocycles. The minimum absolute atomic E-state index is 0.222. The first kappa shape index (κ1) is 14.2. The zero-order chi connectivity index (χ0) is 15.5. The van der Waals surface area contributed by atoms with Crippen LogP contribution in [0.2, 0.25) is 0 Å². The Hall–Kier alpha value is -2.72. The number of carbonyl (C=O) groups excluding carboxylic acids is 2. The lowest BCUT2D eigenvalue weighted by Gasteiger charge is -2.07. The van der Waals surface area contributed by atoms with Crippen LogP contribution in [0.4, 0.5) is 0 Å². The van der Waals surface area contributed by atoms with E-state index in [-0.39, 0.29) is 24.6 Å². The number of hydrogen-bond donors (Lipinski definition) is 1. The van der Waals surface area contributed by atoms with Crippen LogP contribution in [0, 0.1) is 0 Å². The van der Waals surface area contributed by atoms with Gasteiger partial charge in [0.2, 0.25) is 0 Å². The number of fused-ring (bicyclic) bond motifs is 1. The van der Waals surface area contributed by atoms with Crippen LogP contribution in [-0.4, -0.2) is 16.7 Å². The van der Waals surface area contributed by atoms with Crippen LogP contribution in [-0.2, 0) is 6.61 Å². The Bertz CT molecular complexity index is 831. The first-order chi connectivity index (χ1) is 10.7. The highest BCUT2D eigenvalue weighted by Gasteiger charge is 2.18. The normalized spacial score (nSPS) is 10.8. The predicted octanol–water partition coefficient (Wildman–Crippen LogP) is 3.38. The van der Waals surface area contributed by atoms with E-state index in [2.05, 4.69) is 0 Å². The van der Waals surface area contributed by atoms with E-state index in [0.717, 1.165) is 0 Å². The van der Waals surface area contributed by atoms with Crippen LogP contribution in [0.25, 0.3) is 11.0 Å². The van der Waals surface area contributed by atoms with Crippen molar-refractivity contribution in [3.05, 3.63) is 71.5 Å². The summed E-state index contributed by atoms with van der Waals surface area (Å²) in [5, 5.41) is 10.3. The third-order valence-corrected chi connectivity index (χ3v) is 3.62. The molecule has 0 saturated heterocycles. The maximum atomic E-state index is 12.4. The lowest BCUT2D eigenvalue weighted by molar-refractivity contribution is 0.0892. The van der Waals surface area contributed by atoms with Crippen molar-refractivity contribution in [2.75, 3.05) is 0 Å². The first-order valence-electron chi connectivity index (χ1n) is 6.92. The standard InChI is InChI=1S/C18H14O4/c19-11-15-13(6-7-18-14(15)8-9-22-18)17(21)10-16(20)12-4-2-1-3-5-12/h1-9,19H,10-11H2. The lowest BCUT2D eigenvalue weighted by Crippen LogP contribution is -2.11. The number of ketones is 2. The Morgan fingerprint density at radius 1 is 0.955 bits per heavy atom. The second-order valence-electron chi connectivity index (χ2n) is 4.97. The molecule has 0 aliphatic heterocycles. The van der Waals surface area contributed by atoms with E-state index in [1.54, 1.807) is 42.5 Å². The predicted molar refractivity (Wildman–Crippen MR) is 81.9 cm³/mol. The fourth-order valence-corrected chi connectivity index (χ4v) is 2.50. The van der Waals surface area contributed by atoms with Gasteiger partial charge in [-0.2, -0.15) is 0 Å². The van der Waals surface area contributed by atoms with E-state index in [1.165, 1.54) is 6.26 Å². The highest BCUT2D eigenvalue weighted by molar-refractivity contribution is 6.15. The van der Waals surface area contributed by atoms with Gasteiger partial charge in [0.05, 0.1) is 19.3 Å². The van der Waals surface area contributed by atoms with E-state index in [4.69, 9.17) is 4.42 Å². The fourth-order valence-electron chi connectivity index (χ4n) is 2.50. The average molecular weight is 294 g/mol. The van der Waals surface area contributed by atoms with Gasteiger partial charge in [-0.05, 0) is 23.8 Å². The quantitative estimate of drug-likeness (QED) is 0.578. The van der Waals surface area contributed by atoms with Gasteiger partial charge >= 0.3 is 0 Å². The van der Waals surface area contributed by atoms with Gasteiger partial charge in [-0.25, -0.2) is 0 Å². The van der Waals surface area contributed by atoms with Gasteiger partial charge in [0.15, 0.2) is 11.6 Å². The smallest absolute Gasteiger partial charge is 0.170 e. The van der Waals surface area contributed by atoms with E-state index >= 15 is 0 Å². The van der Waals surface area contributed by atoms with Crippen LogP contribution in [0.5, 0.6) is 0 Å². The summed E-state index contributed by atoms with van der Waals surface area (Å²) in [5.41, 5.74) is 1.97. The number of aliphatic hydroxyl groups excluding tert-OH is 1. The van der Waals surface area contributed by atoms with Crippen molar-refractivity contribution in [1.29, 1.82) is 0 Å². The Kier molecular flexibility index (Phi) is 3.85. The molecule has 110 valence electrons. The van der Waals surface area contributed by atoms with Gasteiger partial charge in [0.1, 0.15) is 5.58 Å². The fraction of sp³-hybridized carbons (Fsp3) is 0.111. The van der Waals surface area contributed by atoms with Gasteiger partial charge in [-0.15, -0.1) is 0 Å². The van der Waals surface area contributed by atoms with Crippen molar-refractivity contribution in [1.82, 2.24) is 0 Å². The molecule has 4 heteroatoms. The maximum absolute atomic E-state index is 12.4. The van der Waals surface area contributed by atoms with E-state index in [0.29, 0.717) is 27.7 Å². The van der Waals surface area contributed by atoms with Crippen LogP contribution in [0.1, 0.15) is 32.7 Å². The van der Waals surface area contributed by atoms with E-state index < -0.39 is 0 Å². The van der Waals surface area contributed by atoms with Gasteiger partial charge in [0, 0.05) is 16.5 Å². The van der Waals surface area contributed by atoms with Gasteiger partial charge in [-0.1, -0.05) is 30.3 Å². The number of rotatable bonds is 5. The Balaban J connectivity index is 1.91. The molecule has 0 bridgehead atoms. The number of benzene rings is 2. The van der Waals surface area contributed by atoms with E-state index in [1.807, 2.05) is 6.07 Å². The molecule has 0 unspecified atom stereocenters. The maximum Gasteiger partial charge on any atom is 0.170 e. The molecule has 1 heterocycles. The highest BCUT2D eigenvalue weighted by Crippen LogP contribution is 2.25. The Labute approximate surface area is 127 Å². The number of furan rings is 1. The first-order valence-corrected chi connectivity index (χ1v) is 6.92. The lowest BCUT2D eigenvalue weighted by atomic mass is 9.96. The Morgan fingerprint density at radius 2 is 1.73 bits per heavy atom. The van der Waals surface area contributed by atoms with Crippen molar-refractivity contribution >= 4 is 22.5 Å². The van der Waals surface area contributed by atoms with Crippen molar-refractivity contribution in [3.63, 3.8) is 0 Å². The molecule has 0 radical (unpaired) electrons. The van der Waals surface area contributed by atoms with Crippen molar-refractivity contribution in [3.8, 4) is 0 Å². The van der Waals surface area contributed by atoms with Crippen LogP contribution < -0.4 is 0 Å². The van der Waals surface area contributed by atoms with Crippen molar-refractivity contribution in [2.45, 2.75) is 13.0 Å². The largest absolute Gasteiger partial charge is 0.464 e. The SMILES string of the molecule is O=C(CC(=O)c1ccc2occc2c1CO)c1ccccc1. The average Bonchev–Trinajstić information content (AvgIpc) is 3.03. The van der Waals surface area contributed by atoms with Gasteiger partial charge in [-0.3, -0.25) is 9.59 Å². The van der Waals surface area contributed by atoms with Crippen LogP contribution in [0.15, 0.2) is 59.2 Å². The zero-order valence-corrected chi connectivity index (χ0v) is 11.8. The summed E-state index contributed by atoms with van der Waals surface area (Å²) in [4.78, 5) is 24.6. The number of carbonyl (C=O) groups is 2. The highest BCUT2D eigenvalue weighted by atomic mass is 16.3.